The average molecular weight is 266 g/mol. The van der Waals surface area contributed by atoms with Crippen LogP contribution in [-0.4, -0.2) is 63.1 Å². The molecule has 0 unspecified atom stereocenters. The van der Waals surface area contributed by atoms with E-state index in [1.165, 1.54) is 25.9 Å². The molecule has 4 nitrogen and oxygen atoms in total. The van der Waals surface area contributed by atoms with Gasteiger partial charge in [-0.3, -0.25) is 4.99 Å². The number of unbranched alkanes of at least 4 members (excludes halogenated alkanes) is 1. The summed E-state index contributed by atoms with van der Waals surface area (Å²) < 4.78 is 0. The Balaban J connectivity index is 2.26. The van der Waals surface area contributed by atoms with Crippen molar-refractivity contribution in [2.75, 3.05) is 47.3 Å². The van der Waals surface area contributed by atoms with E-state index in [0.29, 0.717) is 0 Å². The lowest BCUT2D eigenvalue weighted by molar-refractivity contribution is 0.219. The maximum Gasteiger partial charge on any atom is 0.193 e. The van der Waals surface area contributed by atoms with Crippen molar-refractivity contribution in [3.05, 3.63) is 12.7 Å². The minimum absolute atomic E-state index is 0.787. The predicted octanol–water partition coefficient (Wildman–Crippen LogP) is 1.80. The van der Waals surface area contributed by atoms with Gasteiger partial charge in [-0.15, -0.1) is 6.58 Å². The molecule has 0 radical (unpaired) electrons. The molecule has 1 heterocycles. The number of guanidine groups is 1. The zero-order valence-electron chi connectivity index (χ0n) is 12.9. The molecule has 0 aromatic heterocycles. The van der Waals surface area contributed by atoms with E-state index in [9.17, 15) is 0 Å². The maximum absolute atomic E-state index is 4.36. The highest BCUT2D eigenvalue weighted by molar-refractivity contribution is 5.79. The molecule has 19 heavy (non-hydrogen) atoms. The van der Waals surface area contributed by atoms with Crippen molar-refractivity contribution in [3.63, 3.8) is 0 Å². The van der Waals surface area contributed by atoms with Crippen LogP contribution >= 0.6 is 0 Å². The van der Waals surface area contributed by atoms with Crippen LogP contribution in [0.15, 0.2) is 17.6 Å². The van der Waals surface area contributed by atoms with Gasteiger partial charge in [0.25, 0.3) is 0 Å². The van der Waals surface area contributed by atoms with Gasteiger partial charge in [0.1, 0.15) is 0 Å². The normalized spacial score (nSPS) is 18.4. The van der Waals surface area contributed by atoms with E-state index in [2.05, 4.69) is 40.8 Å². The summed E-state index contributed by atoms with van der Waals surface area (Å²) in [5.74, 6) is 1.80. The van der Waals surface area contributed by atoms with Gasteiger partial charge in [0, 0.05) is 27.2 Å². The fraction of sp³-hybridized carbons (Fsp3) is 0.800. The molecule has 0 amide bonds. The first kappa shape index (κ1) is 16.0. The van der Waals surface area contributed by atoms with Crippen LogP contribution in [0, 0.1) is 5.92 Å². The number of likely N-dealkylation sites (tertiary alicyclic amines) is 1. The third-order valence-electron chi connectivity index (χ3n) is 3.86. The van der Waals surface area contributed by atoms with Crippen LogP contribution in [0.4, 0.5) is 0 Å². The molecule has 0 atom stereocenters. The summed E-state index contributed by atoms with van der Waals surface area (Å²) in [7, 11) is 6.17. The van der Waals surface area contributed by atoms with E-state index in [4.69, 9.17) is 0 Å². The fourth-order valence-electron chi connectivity index (χ4n) is 2.47. The molecule has 0 saturated carbocycles. The van der Waals surface area contributed by atoms with E-state index in [1.807, 2.05) is 13.1 Å². The van der Waals surface area contributed by atoms with Gasteiger partial charge in [0.15, 0.2) is 5.96 Å². The molecule has 1 aliphatic heterocycles. The van der Waals surface area contributed by atoms with Gasteiger partial charge in [-0.05, 0) is 51.7 Å². The molecule has 1 rings (SSSR count). The van der Waals surface area contributed by atoms with Gasteiger partial charge in [-0.25, -0.2) is 0 Å². The van der Waals surface area contributed by atoms with E-state index in [-0.39, 0.29) is 0 Å². The minimum atomic E-state index is 0.787. The standard InChI is InChI=1S/C15H30N4/c1-5-6-7-10-19(4)15(16-2)17-13-14-8-11-18(3)12-9-14/h5,14H,1,6-13H2,2-4H3,(H,16,17). The predicted molar refractivity (Wildman–Crippen MR) is 83.6 cm³/mol. The topological polar surface area (TPSA) is 30.9 Å². The quantitative estimate of drug-likeness (QED) is 0.344. The summed E-state index contributed by atoms with van der Waals surface area (Å²) in [6.07, 6.45) is 6.76. The lowest BCUT2D eigenvalue weighted by Gasteiger charge is -2.30. The molecule has 1 N–H and O–H groups in total. The Morgan fingerprint density at radius 1 is 1.47 bits per heavy atom. The molecule has 1 saturated heterocycles. The van der Waals surface area contributed by atoms with Crippen LogP contribution in [0.3, 0.4) is 0 Å². The highest BCUT2D eigenvalue weighted by Gasteiger charge is 2.17. The van der Waals surface area contributed by atoms with Gasteiger partial charge in [0.2, 0.25) is 0 Å². The Bertz CT molecular complexity index is 280. The summed E-state index contributed by atoms with van der Waals surface area (Å²) >= 11 is 0. The number of nitrogens with one attached hydrogen (secondary N) is 1. The first-order valence-electron chi connectivity index (χ1n) is 7.38. The van der Waals surface area contributed by atoms with Gasteiger partial charge >= 0.3 is 0 Å². The number of allylic oxidation sites excluding steroid dienone is 1. The number of hydrogen-bond donors (Lipinski definition) is 1. The number of nitrogens with zero attached hydrogens (tertiary/aromatic N) is 3. The van der Waals surface area contributed by atoms with Crippen molar-refractivity contribution in [2.24, 2.45) is 10.9 Å². The summed E-state index contributed by atoms with van der Waals surface area (Å²) in [5.41, 5.74) is 0. The Hall–Kier alpha value is -1.03. The Morgan fingerprint density at radius 2 is 2.16 bits per heavy atom. The zero-order valence-corrected chi connectivity index (χ0v) is 12.9. The van der Waals surface area contributed by atoms with Gasteiger partial charge in [-0.1, -0.05) is 6.08 Å². The Kier molecular flexibility index (Phi) is 7.56. The van der Waals surface area contributed by atoms with Crippen LogP contribution in [-0.2, 0) is 0 Å². The zero-order chi connectivity index (χ0) is 14.1. The summed E-state index contributed by atoms with van der Waals surface area (Å²) in [6, 6.07) is 0. The third-order valence-corrected chi connectivity index (χ3v) is 3.86. The van der Waals surface area contributed by atoms with Crippen molar-refractivity contribution < 1.29 is 0 Å². The fourth-order valence-corrected chi connectivity index (χ4v) is 2.47. The van der Waals surface area contributed by atoms with Crippen molar-refractivity contribution >= 4 is 5.96 Å². The van der Waals surface area contributed by atoms with Gasteiger partial charge < -0.3 is 15.1 Å². The second kappa shape index (κ2) is 8.97. The Morgan fingerprint density at radius 3 is 2.74 bits per heavy atom. The second-order valence-corrected chi connectivity index (χ2v) is 5.53. The van der Waals surface area contributed by atoms with Crippen molar-refractivity contribution in [3.8, 4) is 0 Å². The minimum Gasteiger partial charge on any atom is -0.356 e. The molecule has 0 aromatic rings. The number of piperidine rings is 1. The lowest BCUT2D eigenvalue weighted by atomic mass is 9.97. The summed E-state index contributed by atoms with van der Waals surface area (Å²) in [5, 5.41) is 3.51. The lowest BCUT2D eigenvalue weighted by Crippen LogP contribution is -2.43. The Labute approximate surface area is 118 Å². The molecular formula is C15H30N4. The molecule has 1 aliphatic rings. The largest absolute Gasteiger partial charge is 0.356 e. The number of hydrogen-bond acceptors (Lipinski definition) is 2. The van der Waals surface area contributed by atoms with Crippen LogP contribution in [0.5, 0.6) is 0 Å². The van der Waals surface area contributed by atoms with E-state index < -0.39 is 0 Å². The van der Waals surface area contributed by atoms with Crippen LogP contribution < -0.4 is 5.32 Å². The summed E-state index contributed by atoms with van der Waals surface area (Å²) in [6.45, 7) is 8.28. The molecule has 110 valence electrons. The molecule has 0 spiro atoms. The van der Waals surface area contributed by atoms with Crippen molar-refractivity contribution in [1.29, 1.82) is 0 Å². The van der Waals surface area contributed by atoms with Gasteiger partial charge in [-0.2, -0.15) is 0 Å². The average Bonchev–Trinajstić information content (AvgIpc) is 2.42. The maximum atomic E-state index is 4.36. The molecule has 4 heteroatoms. The van der Waals surface area contributed by atoms with E-state index >= 15 is 0 Å². The molecule has 1 fully saturated rings. The smallest absolute Gasteiger partial charge is 0.193 e. The van der Waals surface area contributed by atoms with E-state index in [1.54, 1.807) is 0 Å². The molecule has 0 aliphatic carbocycles. The monoisotopic (exact) mass is 266 g/mol. The first-order valence-corrected chi connectivity index (χ1v) is 7.38. The number of aliphatic imine (C=N–C) groups is 1. The van der Waals surface area contributed by atoms with Crippen LogP contribution in [0.1, 0.15) is 25.7 Å². The molecule has 0 aromatic carbocycles. The first-order chi connectivity index (χ1) is 9.17. The van der Waals surface area contributed by atoms with Gasteiger partial charge in [0.05, 0.1) is 0 Å². The molecular weight excluding hydrogens is 236 g/mol. The SMILES string of the molecule is C=CCCCN(C)C(=NC)NCC1CCN(C)CC1. The van der Waals surface area contributed by atoms with Crippen LogP contribution in [0.25, 0.3) is 0 Å². The second-order valence-electron chi connectivity index (χ2n) is 5.53. The van der Waals surface area contributed by atoms with Crippen molar-refractivity contribution in [2.45, 2.75) is 25.7 Å². The molecule has 0 bridgehead atoms. The summed E-state index contributed by atoms with van der Waals surface area (Å²) in [4.78, 5) is 8.98. The van der Waals surface area contributed by atoms with Crippen molar-refractivity contribution in [1.82, 2.24) is 15.1 Å². The number of rotatable bonds is 6. The van der Waals surface area contributed by atoms with E-state index in [0.717, 1.165) is 37.8 Å². The highest BCUT2D eigenvalue weighted by atomic mass is 15.3. The highest BCUT2D eigenvalue weighted by Crippen LogP contribution is 2.14. The van der Waals surface area contributed by atoms with Crippen LogP contribution in [0.2, 0.25) is 0 Å². The third kappa shape index (κ3) is 6.10.